The number of nitrogen functional groups attached to an aromatic ring is 1. The summed E-state index contributed by atoms with van der Waals surface area (Å²) in [5.41, 5.74) is 6.24. The van der Waals surface area contributed by atoms with Gasteiger partial charge in [0.15, 0.2) is 19.8 Å². The second kappa shape index (κ2) is 4.97. The van der Waals surface area contributed by atoms with Gasteiger partial charge in [0.2, 0.25) is 0 Å². The van der Waals surface area contributed by atoms with Gasteiger partial charge in [0.05, 0.1) is 0 Å². The molecule has 0 radical (unpaired) electrons. The molecule has 0 amide bonds. The Balaban J connectivity index is 3.04. The highest BCUT2D eigenvalue weighted by atomic mass is 79.9. The van der Waals surface area contributed by atoms with Crippen molar-refractivity contribution < 1.29 is 13.2 Å². The largest absolute Gasteiger partial charge is 0.399 e. The highest BCUT2D eigenvalue weighted by Crippen LogP contribution is 2.18. The molecule has 0 bridgehead atoms. The van der Waals surface area contributed by atoms with Crippen molar-refractivity contribution in [2.75, 3.05) is 11.5 Å². The molecule has 1 atom stereocenters. The number of anilines is 1. The zero-order chi connectivity index (χ0) is 12.3. The fourth-order valence-corrected chi connectivity index (χ4v) is 2.94. The molecule has 1 rings (SSSR count). The predicted octanol–water partition coefficient (Wildman–Crippen LogP) is 1.61. The average molecular weight is 306 g/mol. The molecule has 1 aromatic carbocycles. The average Bonchev–Trinajstić information content (AvgIpc) is 2.27. The van der Waals surface area contributed by atoms with Gasteiger partial charge < -0.3 is 5.73 Å². The summed E-state index contributed by atoms with van der Waals surface area (Å²) >= 11 is 2.91. The summed E-state index contributed by atoms with van der Waals surface area (Å²) in [6, 6.07) is 6.25. The molecular weight excluding hydrogens is 294 g/mol. The van der Waals surface area contributed by atoms with E-state index in [1.54, 1.807) is 12.1 Å². The van der Waals surface area contributed by atoms with E-state index in [1.165, 1.54) is 19.1 Å². The number of carbonyl (C=O) groups is 1. The van der Waals surface area contributed by atoms with E-state index in [0.717, 1.165) is 0 Å². The van der Waals surface area contributed by atoms with Gasteiger partial charge in [0, 0.05) is 17.0 Å². The maximum atomic E-state index is 11.8. The molecule has 0 aliphatic carbocycles. The molecule has 4 nitrogen and oxygen atoms in total. The van der Waals surface area contributed by atoms with Crippen molar-refractivity contribution in [3.05, 3.63) is 29.8 Å². The van der Waals surface area contributed by atoms with E-state index in [9.17, 15) is 13.2 Å². The van der Waals surface area contributed by atoms with Gasteiger partial charge >= 0.3 is 0 Å². The van der Waals surface area contributed by atoms with Crippen molar-refractivity contribution in [3.63, 3.8) is 0 Å². The molecule has 0 aromatic heterocycles. The maximum absolute atomic E-state index is 11.8. The fraction of sp³-hybridized carbons (Fsp3) is 0.300. The first-order valence-corrected chi connectivity index (χ1v) is 7.27. The zero-order valence-corrected chi connectivity index (χ0v) is 11.1. The van der Waals surface area contributed by atoms with E-state index in [-0.39, 0.29) is 5.75 Å². The first-order valence-electron chi connectivity index (χ1n) is 4.64. The summed E-state index contributed by atoms with van der Waals surface area (Å²) in [5, 5.41) is 0. The van der Waals surface area contributed by atoms with E-state index in [2.05, 4.69) is 15.9 Å². The summed E-state index contributed by atoms with van der Waals surface area (Å²) in [6.45, 7) is 1.50. The third kappa shape index (κ3) is 2.82. The molecule has 1 aromatic rings. The molecule has 0 saturated heterocycles. The Bertz CT molecular complexity index is 499. The molecule has 0 aliphatic heterocycles. The van der Waals surface area contributed by atoms with Crippen molar-refractivity contribution in [3.8, 4) is 0 Å². The normalized spacial score (nSPS) is 13.4. The molecule has 2 N–H and O–H groups in total. The lowest BCUT2D eigenvalue weighted by atomic mass is 10.1. The Hall–Kier alpha value is -0.880. The molecule has 0 saturated carbocycles. The van der Waals surface area contributed by atoms with Crippen molar-refractivity contribution in [2.24, 2.45) is 0 Å². The van der Waals surface area contributed by atoms with Crippen LogP contribution in [0.3, 0.4) is 0 Å². The van der Waals surface area contributed by atoms with Crippen molar-refractivity contribution in [1.29, 1.82) is 0 Å². The topological polar surface area (TPSA) is 77.2 Å². The van der Waals surface area contributed by atoms with Gasteiger partial charge in [-0.1, -0.05) is 35.0 Å². The van der Waals surface area contributed by atoms with Crippen LogP contribution in [0.15, 0.2) is 24.3 Å². The molecule has 6 heteroatoms. The number of sulfone groups is 1. The van der Waals surface area contributed by atoms with E-state index in [0.29, 0.717) is 11.3 Å². The number of halogens is 1. The quantitative estimate of drug-likeness (QED) is 0.521. The van der Waals surface area contributed by atoms with Crippen molar-refractivity contribution in [2.45, 2.75) is 11.1 Å². The van der Waals surface area contributed by atoms with Crippen LogP contribution < -0.4 is 5.73 Å². The van der Waals surface area contributed by atoms with Crippen LogP contribution in [0, 0.1) is 0 Å². The van der Waals surface area contributed by atoms with Crippen LogP contribution in [0.4, 0.5) is 5.69 Å². The first-order chi connectivity index (χ1) is 7.38. The summed E-state index contributed by atoms with van der Waals surface area (Å²) in [5.74, 6) is -0.578. The van der Waals surface area contributed by atoms with Crippen molar-refractivity contribution >= 4 is 37.2 Å². The van der Waals surface area contributed by atoms with Crippen LogP contribution in [0.5, 0.6) is 0 Å². The van der Waals surface area contributed by atoms with Gasteiger partial charge in [-0.15, -0.1) is 0 Å². The van der Waals surface area contributed by atoms with E-state index < -0.39 is 19.8 Å². The molecule has 0 aliphatic rings. The molecule has 0 spiro atoms. The van der Waals surface area contributed by atoms with Gasteiger partial charge in [-0.2, -0.15) is 0 Å². The number of hydrogen-bond acceptors (Lipinski definition) is 4. The smallest absolute Gasteiger partial charge is 0.191 e. The Morgan fingerprint density at radius 3 is 2.62 bits per heavy atom. The predicted molar refractivity (Wildman–Crippen MR) is 67.4 cm³/mol. The van der Waals surface area contributed by atoms with E-state index in [4.69, 9.17) is 5.73 Å². The molecule has 0 heterocycles. The number of alkyl halides is 1. The van der Waals surface area contributed by atoms with Gasteiger partial charge in [0.25, 0.3) is 0 Å². The first kappa shape index (κ1) is 13.2. The zero-order valence-electron chi connectivity index (χ0n) is 8.68. The van der Waals surface area contributed by atoms with Crippen LogP contribution in [-0.2, 0) is 9.84 Å². The van der Waals surface area contributed by atoms with Gasteiger partial charge in [-0.3, -0.25) is 4.79 Å². The molecule has 1 unspecified atom stereocenters. The number of benzene rings is 1. The van der Waals surface area contributed by atoms with Crippen LogP contribution in [0.2, 0.25) is 0 Å². The maximum Gasteiger partial charge on any atom is 0.191 e. The number of ketones is 1. The summed E-state index contributed by atoms with van der Waals surface area (Å²) < 4.78 is 21.8. The van der Waals surface area contributed by atoms with Crippen LogP contribution in [0.1, 0.15) is 17.3 Å². The third-order valence-electron chi connectivity index (χ3n) is 2.09. The third-order valence-corrected chi connectivity index (χ3v) is 5.87. The van der Waals surface area contributed by atoms with E-state index in [1.807, 2.05) is 0 Å². The minimum absolute atomic E-state index is 0.0863. The Morgan fingerprint density at radius 1 is 1.50 bits per heavy atom. The lowest BCUT2D eigenvalue weighted by molar-refractivity contribution is 0.101. The lowest BCUT2D eigenvalue weighted by Gasteiger charge is -2.09. The van der Waals surface area contributed by atoms with Gasteiger partial charge in [-0.05, 0) is 12.1 Å². The number of carbonyl (C=O) groups excluding carboxylic acids is 1. The minimum atomic E-state index is -3.43. The fourth-order valence-electron chi connectivity index (χ4n) is 1.13. The summed E-state index contributed by atoms with van der Waals surface area (Å²) in [6.07, 6.45) is 0. The van der Waals surface area contributed by atoms with E-state index >= 15 is 0 Å². The minimum Gasteiger partial charge on any atom is -0.399 e. The number of Topliss-reactive ketones (excluding diaryl/α,β-unsaturated/α-hetero) is 1. The second-order valence-corrected chi connectivity index (χ2v) is 7.15. The molecule has 16 heavy (non-hydrogen) atoms. The second-order valence-electron chi connectivity index (χ2n) is 3.26. The number of rotatable bonds is 4. The standard InChI is InChI=1S/C10H12BrNO3S/c1-2-16(14,15)10(11)9(13)7-4-3-5-8(12)6-7/h3-6,10H,2,12H2,1H3. The Labute approximate surface area is 103 Å². The molecule has 0 fully saturated rings. The number of nitrogens with two attached hydrogens (primary N) is 1. The van der Waals surface area contributed by atoms with Gasteiger partial charge in [0.1, 0.15) is 0 Å². The Kier molecular flexibility index (Phi) is 4.09. The van der Waals surface area contributed by atoms with Crippen LogP contribution in [-0.4, -0.2) is 24.1 Å². The highest BCUT2D eigenvalue weighted by Gasteiger charge is 2.28. The lowest BCUT2D eigenvalue weighted by Crippen LogP contribution is -2.26. The monoisotopic (exact) mass is 305 g/mol. The summed E-state index contributed by atoms with van der Waals surface area (Å²) in [4.78, 5) is 11.8. The number of hydrogen-bond donors (Lipinski definition) is 1. The van der Waals surface area contributed by atoms with Gasteiger partial charge in [-0.25, -0.2) is 8.42 Å². The SMILES string of the molecule is CCS(=O)(=O)C(Br)C(=O)c1cccc(N)c1. The van der Waals surface area contributed by atoms with Crippen molar-refractivity contribution in [1.82, 2.24) is 0 Å². The Morgan fingerprint density at radius 2 is 2.12 bits per heavy atom. The van der Waals surface area contributed by atoms with Crippen LogP contribution >= 0.6 is 15.9 Å². The highest BCUT2D eigenvalue weighted by molar-refractivity contribution is 9.11. The summed E-state index contributed by atoms with van der Waals surface area (Å²) in [7, 11) is -3.43. The molecule has 88 valence electrons. The van der Waals surface area contributed by atoms with Crippen LogP contribution in [0.25, 0.3) is 0 Å². The molecular formula is C10H12BrNO3S.